The quantitative estimate of drug-likeness (QED) is 0.803. The molecule has 0 saturated heterocycles. The van der Waals surface area contributed by atoms with Crippen LogP contribution in [0.3, 0.4) is 0 Å². The van der Waals surface area contributed by atoms with Gasteiger partial charge in [-0.15, -0.1) is 0 Å². The highest BCUT2D eigenvalue weighted by molar-refractivity contribution is 9.10. The molecule has 0 bridgehead atoms. The minimum atomic E-state index is -1.53. The van der Waals surface area contributed by atoms with Gasteiger partial charge in [0.1, 0.15) is 5.41 Å². The van der Waals surface area contributed by atoms with Crippen molar-refractivity contribution in [2.24, 2.45) is 5.92 Å². The van der Waals surface area contributed by atoms with Gasteiger partial charge in [-0.05, 0) is 23.8 Å². The zero-order valence-electron chi connectivity index (χ0n) is 13.0. The van der Waals surface area contributed by atoms with Gasteiger partial charge in [-0.25, -0.2) is 0 Å². The molecule has 2 aromatic rings. The molecule has 2 aromatic carbocycles. The summed E-state index contributed by atoms with van der Waals surface area (Å²) < 4.78 is 0.703. The number of carbonyl (C=O) groups excluding carboxylic acids is 2. The molecule has 0 aliphatic carbocycles. The Labute approximate surface area is 153 Å². The SMILES string of the molecule is N#CC(C#N)[C@@]1(CC(=O)c2ccccc2)C(=O)Nc2ccc(Br)cc21. The number of amides is 1. The van der Waals surface area contributed by atoms with Gasteiger partial charge in [0.25, 0.3) is 0 Å². The normalized spacial score (nSPS) is 18.2. The Bertz CT molecular complexity index is 929. The maximum absolute atomic E-state index is 12.8. The van der Waals surface area contributed by atoms with E-state index in [4.69, 9.17) is 0 Å². The lowest BCUT2D eigenvalue weighted by atomic mass is 9.68. The topological polar surface area (TPSA) is 93.8 Å². The molecule has 0 aromatic heterocycles. The second-order valence-corrected chi connectivity index (χ2v) is 6.69. The first-order valence-electron chi connectivity index (χ1n) is 7.52. The van der Waals surface area contributed by atoms with Crippen molar-refractivity contribution < 1.29 is 9.59 Å². The number of nitriles is 2. The van der Waals surface area contributed by atoms with Gasteiger partial charge in [-0.1, -0.05) is 46.3 Å². The summed E-state index contributed by atoms with van der Waals surface area (Å²) in [5, 5.41) is 21.7. The second kappa shape index (κ2) is 6.51. The number of nitrogens with one attached hydrogen (secondary N) is 1. The van der Waals surface area contributed by atoms with E-state index in [1.54, 1.807) is 48.5 Å². The van der Waals surface area contributed by atoms with Crippen molar-refractivity contribution in [2.45, 2.75) is 11.8 Å². The third kappa shape index (κ3) is 2.71. The molecule has 1 aliphatic heterocycles. The number of halogens is 1. The fraction of sp³-hybridized carbons (Fsp3) is 0.158. The molecule has 25 heavy (non-hydrogen) atoms. The van der Waals surface area contributed by atoms with Crippen LogP contribution in [0.5, 0.6) is 0 Å². The van der Waals surface area contributed by atoms with Gasteiger partial charge in [0.15, 0.2) is 11.7 Å². The molecule has 1 heterocycles. The third-order valence-electron chi connectivity index (χ3n) is 4.40. The van der Waals surface area contributed by atoms with Gasteiger partial charge in [-0.3, -0.25) is 9.59 Å². The molecule has 0 spiro atoms. The zero-order valence-corrected chi connectivity index (χ0v) is 14.6. The fourth-order valence-electron chi connectivity index (χ4n) is 3.14. The van der Waals surface area contributed by atoms with E-state index in [-0.39, 0.29) is 12.2 Å². The summed E-state index contributed by atoms with van der Waals surface area (Å²) in [5.74, 6) is -2.08. The molecule has 3 rings (SSSR count). The molecular formula is C19H12BrN3O2. The van der Waals surface area contributed by atoms with Crippen LogP contribution in [-0.2, 0) is 10.2 Å². The average Bonchev–Trinajstić information content (AvgIpc) is 2.89. The monoisotopic (exact) mass is 393 g/mol. The molecule has 1 amide bonds. The van der Waals surface area contributed by atoms with E-state index in [0.29, 0.717) is 21.3 Å². The van der Waals surface area contributed by atoms with Gasteiger partial charge < -0.3 is 5.32 Å². The van der Waals surface area contributed by atoms with Crippen molar-refractivity contribution in [3.05, 3.63) is 64.1 Å². The Hall–Kier alpha value is -2.96. The molecular weight excluding hydrogens is 382 g/mol. The van der Waals surface area contributed by atoms with E-state index >= 15 is 0 Å². The van der Waals surface area contributed by atoms with Gasteiger partial charge in [0, 0.05) is 22.1 Å². The van der Waals surface area contributed by atoms with Crippen LogP contribution in [0.15, 0.2) is 53.0 Å². The summed E-state index contributed by atoms with van der Waals surface area (Å²) in [5.41, 5.74) is -0.0863. The van der Waals surface area contributed by atoms with E-state index in [1.807, 2.05) is 12.1 Å². The van der Waals surface area contributed by atoms with Crippen LogP contribution in [0.25, 0.3) is 0 Å². The molecule has 1 atom stereocenters. The van der Waals surface area contributed by atoms with E-state index in [0.717, 1.165) is 0 Å². The lowest BCUT2D eigenvalue weighted by Gasteiger charge is -2.27. The summed E-state index contributed by atoms with van der Waals surface area (Å²) in [6.07, 6.45) is -0.252. The second-order valence-electron chi connectivity index (χ2n) is 5.77. The van der Waals surface area contributed by atoms with Gasteiger partial charge in [0.2, 0.25) is 5.91 Å². The van der Waals surface area contributed by atoms with E-state index in [1.165, 1.54) is 0 Å². The Balaban J connectivity index is 2.16. The summed E-state index contributed by atoms with van der Waals surface area (Å²) in [7, 11) is 0. The molecule has 1 aliphatic rings. The molecule has 0 unspecified atom stereocenters. The van der Waals surface area contributed by atoms with Crippen molar-refractivity contribution in [3.8, 4) is 12.1 Å². The zero-order chi connectivity index (χ0) is 18.0. The summed E-state index contributed by atoms with van der Waals surface area (Å²) >= 11 is 3.35. The minimum absolute atomic E-state index is 0.252. The highest BCUT2D eigenvalue weighted by atomic mass is 79.9. The summed E-state index contributed by atoms with van der Waals surface area (Å²) in [4.78, 5) is 25.6. The smallest absolute Gasteiger partial charge is 0.238 e. The van der Waals surface area contributed by atoms with Crippen molar-refractivity contribution in [2.75, 3.05) is 5.32 Å². The molecule has 122 valence electrons. The Morgan fingerprint density at radius 3 is 2.48 bits per heavy atom. The van der Waals surface area contributed by atoms with E-state index < -0.39 is 17.2 Å². The first-order chi connectivity index (χ1) is 12.0. The first-order valence-corrected chi connectivity index (χ1v) is 8.31. The number of anilines is 1. The van der Waals surface area contributed by atoms with E-state index in [9.17, 15) is 20.1 Å². The van der Waals surface area contributed by atoms with Gasteiger partial charge >= 0.3 is 0 Å². The van der Waals surface area contributed by atoms with Crippen LogP contribution < -0.4 is 5.32 Å². The largest absolute Gasteiger partial charge is 0.325 e. The van der Waals surface area contributed by atoms with Gasteiger partial charge in [-0.2, -0.15) is 10.5 Å². The van der Waals surface area contributed by atoms with E-state index in [2.05, 4.69) is 21.2 Å². The molecule has 0 radical (unpaired) electrons. The molecule has 5 nitrogen and oxygen atoms in total. The Morgan fingerprint density at radius 1 is 1.16 bits per heavy atom. The van der Waals surface area contributed by atoms with Crippen LogP contribution in [0.2, 0.25) is 0 Å². The number of Topliss-reactive ketones (excluding diaryl/α,β-unsaturated/α-hetero) is 1. The number of carbonyl (C=O) groups is 2. The summed E-state index contributed by atoms with van der Waals surface area (Å²) in [6, 6.07) is 17.5. The number of nitrogens with zero attached hydrogens (tertiary/aromatic N) is 2. The number of hydrogen-bond donors (Lipinski definition) is 1. The van der Waals surface area contributed by atoms with Crippen molar-refractivity contribution in [1.82, 2.24) is 0 Å². The number of ketones is 1. The highest BCUT2D eigenvalue weighted by Crippen LogP contribution is 2.47. The predicted octanol–water partition coefficient (Wildman–Crippen LogP) is 3.58. The molecule has 0 saturated carbocycles. The maximum Gasteiger partial charge on any atom is 0.238 e. The minimum Gasteiger partial charge on any atom is -0.325 e. The number of hydrogen-bond acceptors (Lipinski definition) is 4. The van der Waals surface area contributed by atoms with Crippen molar-refractivity contribution in [3.63, 3.8) is 0 Å². The van der Waals surface area contributed by atoms with Crippen LogP contribution in [-0.4, -0.2) is 11.7 Å². The summed E-state index contributed by atoms with van der Waals surface area (Å²) in [6.45, 7) is 0. The lowest BCUT2D eigenvalue weighted by molar-refractivity contribution is -0.121. The highest BCUT2D eigenvalue weighted by Gasteiger charge is 2.54. The van der Waals surface area contributed by atoms with Crippen LogP contribution >= 0.6 is 15.9 Å². The number of fused-ring (bicyclic) bond motifs is 1. The predicted molar refractivity (Wildman–Crippen MR) is 94.6 cm³/mol. The first kappa shape index (κ1) is 16.9. The Morgan fingerprint density at radius 2 is 1.84 bits per heavy atom. The lowest BCUT2D eigenvalue weighted by Crippen LogP contribution is -2.42. The molecule has 6 heteroatoms. The van der Waals surface area contributed by atoms with Crippen molar-refractivity contribution in [1.29, 1.82) is 10.5 Å². The number of benzene rings is 2. The van der Waals surface area contributed by atoms with Crippen LogP contribution in [0, 0.1) is 28.6 Å². The molecule has 0 fully saturated rings. The van der Waals surface area contributed by atoms with Crippen molar-refractivity contribution >= 4 is 33.3 Å². The number of rotatable bonds is 4. The fourth-order valence-corrected chi connectivity index (χ4v) is 3.50. The molecule has 1 N–H and O–H groups in total. The van der Waals surface area contributed by atoms with Crippen LogP contribution in [0.1, 0.15) is 22.3 Å². The van der Waals surface area contributed by atoms with Crippen LogP contribution in [0.4, 0.5) is 5.69 Å². The standard InChI is InChI=1S/C19H12BrN3O2/c20-14-6-7-16-15(8-14)19(18(25)23-16,13(10-21)11-22)9-17(24)12-4-2-1-3-5-12/h1-8,13H,9H2,(H,23,25)/t19-/m1/s1. The third-order valence-corrected chi connectivity index (χ3v) is 4.90. The average molecular weight is 394 g/mol. The van der Waals surface area contributed by atoms with Gasteiger partial charge in [0.05, 0.1) is 12.1 Å². The maximum atomic E-state index is 12.8. The Kier molecular flexibility index (Phi) is 4.39.